The minimum Gasteiger partial charge on any atom is -0.355 e. The minimum absolute atomic E-state index is 0.0351. The van der Waals surface area contributed by atoms with Crippen LogP contribution in [0.2, 0.25) is 0 Å². The molecule has 7 heteroatoms. The van der Waals surface area contributed by atoms with Gasteiger partial charge in [-0.2, -0.15) is 10.2 Å². The number of anilines is 1. The first kappa shape index (κ1) is 15.2. The van der Waals surface area contributed by atoms with Crippen LogP contribution in [0.1, 0.15) is 50.3 Å². The van der Waals surface area contributed by atoms with E-state index in [1.54, 1.807) is 10.9 Å². The molecule has 0 bridgehead atoms. The summed E-state index contributed by atoms with van der Waals surface area (Å²) in [6.45, 7) is 3.73. The summed E-state index contributed by atoms with van der Waals surface area (Å²) in [5, 5.41) is 14.9. The minimum atomic E-state index is -0.273. The quantitative estimate of drug-likeness (QED) is 0.878. The smallest absolute Gasteiger partial charge is 0.244 e. The van der Waals surface area contributed by atoms with Gasteiger partial charge in [-0.25, -0.2) is 0 Å². The monoisotopic (exact) mass is 328 g/mol. The predicted molar refractivity (Wildman–Crippen MR) is 90.9 cm³/mol. The number of hydrogen-bond acceptors (Lipinski definition) is 4. The molecule has 0 unspecified atom stereocenters. The van der Waals surface area contributed by atoms with Crippen LogP contribution in [0.4, 0.5) is 5.82 Å². The molecule has 2 aromatic heterocycles. The summed E-state index contributed by atoms with van der Waals surface area (Å²) in [7, 11) is 0. The van der Waals surface area contributed by atoms with Gasteiger partial charge in [0.25, 0.3) is 0 Å². The van der Waals surface area contributed by atoms with Crippen molar-refractivity contribution in [2.24, 2.45) is 0 Å². The van der Waals surface area contributed by atoms with Crippen molar-refractivity contribution in [2.45, 2.75) is 50.6 Å². The molecule has 24 heavy (non-hydrogen) atoms. The zero-order valence-corrected chi connectivity index (χ0v) is 14.0. The highest BCUT2D eigenvalue weighted by Crippen LogP contribution is 2.40. The average Bonchev–Trinajstić information content (AvgIpc) is 3.12. The maximum absolute atomic E-state index is 12.3. The number of aromatic amines is 1. The Labute approximate surface area is 141 Å². The van der Waals surface area contributed by atoms with Crippen molar-refractivity contribution in [3.8, 4) is 0 Å². The molecular weight excluding hydrogens is 304 g/mol. The zero-order valence-electron chi connectivity index (χ0n) is 14.0. The van der Waals surface area contributed by atoms with E-state index in [1.807, 2.05) is 19.2 Å². The van der Waals surface area contributed by atoms with E-state index in [2.05, 4.69) is 31.6 Å². The third-order valence-electron chi connectivity index (χ3n) is 5.07. The summed E-state index contributed by atoms with van der Waals surface area (Å²) < 4.78 is 1.69. The summed E-state index contributed by atoms with van der Waals surface area (Å²) in [6.07, 6.45) is 7.98. The summed E-state index contributed by atoms with van der Waals surface area (Å²) in [5.41, 5.74) is 1.27. The molecule has 3 heterocycles. The maximum atomic E-state index is 12.3. The van der Waals surface area contributed by atoms with Crippen LogP contribution >= 0.6 is 0 Å². The van der Waals surface area contributed by atoms with E-state index in [1.165, 1.54) is 18.5 Å². The lowest BCUT2D eigenvalue weighted by Crippen LogP contribution is -2.46. The van der Waals surface area contributed by atoms with Gasteiger partial charge in [-0.1, -0.05) is 0 Å². The Morgan fingerprint density at radius 1 is 1.33 bits per heavy atom. The lowest BCUT2D eigenvalue weighted by atomic mass is 10.0. The SMILES string of the molecule is C[C@H](C(=O)NC1CCN(c2cc(C3CC3)[nH]n2)CC1)n1cccn1. The van der Waals surface area contributed by atoms with Gasteiger partial charge in [0, 0.05) is 49.2 Å². The van der Waals surface area contributed by atoms with Gasteiger partial charge in [0.1, 0.15) is 6.04 Å². The molecule has 0 aromatic carbocycles. The van der Waals surface area contributed by atoms with Gasteiger partial charge >= 0.3 is 0 Å². The van der Waals surface area contributed by atoms with Crippen LogP contribution in [0.3, 0.4) is 0 Å². The van der Waals surface area contributed by atoms with E-state index >= 15 is 0 Å². The number of amides is 1. The Balaban J connectivity index is 1.28. The van der Waals surface area contributed by atoms with Gasteiger partial charge in [0.2, 0.25) is 5.91 Å². The molecule has 1 amide bonds. The number of rotatable bonds is 5. The second kappa shape index (κ2) is 6.30. The van der Waals surface area contributed by atoms with Gasteiger partial charge in [0.05, 0.1) is 0 Å². The molecule has 4 rings (SSSR count). The molecule has 2 fully saturated rings. The van der Waals surface area contributed by atoms with Gasteiger partial charge in [-0.15, -0.1) is 0 Å². The molecule has 7 nitrogen and oxygen atoms in total. The number of nitrogens with zero attached hydrogens (tertiary/aromatic N) is 4. The first-order valence-corrected chi connectivity index (χ1v) is 8.80. The standard InChI is InChI=1S/C17H24N6O/c1-12(23-8-2-7-18-23)17(24)19-14-5-9-22(10-6-14)16-11-15(20-21-16)13-3-4-13/h2,7-8,11-14H,3-6,9-10H2,1H3,(H,19,24)(H,20,21)/t12-/m1/s1. The van der Waals surface area contributed by atoms with E-state index in [4.69, 9.17) is 0 Å². The van der Waals surface area contributed by atoms with E-state index < -0.39 is 0 Å². The lowest BCUT2D eigenvalue weighted by molar-refractivity contribution is -0.125. The Morgan fingerprint density at radius 2 is 2.12 bits per heavy atom. The number of carbonyl (C=O) groups excluding carboxylic acids is 1. The molecule has 1 saturated heterocycles. The van der Waals surface area contributed by atoms with E-state index in [0.29, 0.717) is 5.92 Å². The van der Waals surface area contributed by atoms with E-state index in [0.717, 1.165) is 31.7 Å². The summed E-state index contributed by atoms with van der Waals surface area (Å²) in [4.78, 5) is 14.7. The highest BCUT2D eigenvalue weighted by molar-refractivity contribution is 5.80. The van der Waals surface area contributed by atoms with Crippen molar-refractivity contribution in [3.63, 3.8) is 0 Å². The molecule has 2 N–H and O–H groups in total. The van der Waals surface area contributed by atoms with Crippen LogP contribution in [-0.2, 0) is 4.79 Å². The molecule has 1 atom stereocenters. The van der Waals surface area contributed by atoms with Gasteiger partial charge in [-0.3, -0.25) is 14.6 Å². The number of nitrogens with one attached hydrogen (secondary N) is 2. The Kier molecular flexibility index (Phi) is 4.00. The van der Waals surface area contributed by atoms with Crippen LogP contribution in [0.25, 0.3) is 0 Å². The number of aromatic nitrogens is 4. The molecule has 2 aromatic rings. The summed E-state index contributed by atoms with van der Waals surface area (Å²) in [6, 6.07) is 3.98. The van der Waals surface area contributed by atoms with Crippen molar-refractivity contribution in [2.75, 3.05) is 18.0 Å². The van der Waals surface area contributed by atoms with Crippen molar-refractivity contribution in [3.05, 3.63) is 30.2 Å². The van der Waals surface area contributed by atoms with Crippen LogP contribution in [-0.4, -0.2) is 45.0 Å². The first-order chi connectivity index (χ1) is 11.7. The molecule has 0 spiro atoms. The summed E-state index contributed by atoms with van der Waals surface area (Å²) in [5.74, 6) is 1.78. The molecular formula is C17H24N6O. The molecule has 2 aliphatic rings. The topological polar surface area (TPSA) is 78.8 Å². The number of H-pyrrole nitrogens is 1. The number of hydrogen-bond donors (Lipinski definition) is 2. The summed E-state index contributed by atoms with van der Waals surface area (Å²) >= 11 is 0. The van der Waals surface area contributed by atoms with Crippen molar-refractivity contribution >= 4 is 11.7 Å². The zero-order chi connectivity index (χ0) is 16.5. The van der Waals surface area contributed by atoms with Crippen molar-refractivity contribution in [1.29, 1.82) is 0 Å². The molecule has 128 valence electrons. The second-order valence-corrected chi connectivity index (χ2v) is 6.89. The van der Waals surface area contributed by atoms with Crippen LogP contribution < -0.4 is 10.2 Å². The Bertz CT molecular complexity index is 682. The average molecular weight is 328 g/mol. The molecule has 1 aliphatic heterocycles. The predicted octanol–water partition coefficient (Wildman–Crippen LogP) is 1.83. The maximum Gasteiger partial charge on any atom is 0.244 e. The van der Waals surface area contributed by atoms with Crippen LogP contribution in [0.5, 0.6) is 0 Å². The lowest BCUT2D eigenvalue weighted by Gasteiger charge is -2.32. The molecule has 0 radical (unpaired) electrons. The number of piperidine rings is 1. The van der Waals surface area contributed by atoms with Crippen molar-refractivity contribution < 1.29 is 4.79 Å². The van der Waals surface area contributed by atoms with Gasteiger partial charge < -0.3 is 10.2 Å². The Hall–Kier alpha value is -2.31. The van der Waals surface area contributed by atoms with Crippen molar-refractivity contribution in [1.82, 2.24) is 25.3 Å². The number of carbonyl (C=O) groups is 1. The normalized spacial score (nSPS) is 20.1. The Morgan fingerprint density at radius 3 is 2.79 bits per heavy atom. The fraction of sp³-hybridized carbons (Fsp3) is 0.588. The van der Waals surface area contributed by atoms with Crippen LogP contribution in [0.15, 0.2) is 24.5 Å². The van der Waals surface area contributed by atoms with Gasteiger partial charge in [0.15, 0.2) is 5.82 Å². The van der Waals surface area contributed by atoms with Crippen LogP contribution in [0, 0.1) is 0 Å². The highest BCUT2D eigenvalue weighted by Gasteiger charge is 2.28. The third kappa shape index (κ3) is 3.16. The molecule has 1 saturated carbocycles. The molecule has 1 aliphatic carbocycles. The van der Waals surface area contributed by atoms with Gasteiger partial charge in [-0.05, 0) is 38.7 Å². The largest absolute Gasteiger partial charge is 0.355 e. The fourth-order valence-electron chi connectivity index (χ4n) is 3.30. The highest BCUT2D eigenvalue weighted by atomic mass is 16.2. The first-order valence-electron chi connectivity index (χ1n) is 8.80. The van der Waals surface area contributed by atoms with E-state index in [9.17, 15) is 4.79 Å². The van der Waals surface area contributed by atoms with E-state index in [-0.39, 0.29) is 18.0 Å². The third-order valence-corrected chi connectivity index (χ3v) is 5.07. The fourth-order valence-corrected chi connectivity index (χ4v) is 3.30. The second-order valence-electron chi connectivity index (χ2n) is 6.89.